The molecule has 1 saturated heterocycles. The predicted octanol–water partition coefficient (Wildman–Crippen LogP) is 3.79. The average Bonchev–Trinajstić information content (AvgIpc) is 2.58. The molecule has 1 N–H and O–H groups in total. The Kier molecular flexibility index (Phi) is 5.35. The summed E-state index contributed by atoms with van der Waals surface area (Å²) in [7, 11) is 0. The zero-order valence-corrected chi connectivity index (χ0v) is 16.4. The minimum Gasteiger partial charge on any atom is -0.444 e. The standard InChI is InChI=1S/C21H27N3O3/c1-14-10-16(23-20(26)27-21(2,3)4)12-24(11-14)18-8-7-15(13-25)19-17(18)6-5-9-22-19/h5-9,13-14,16H,10-12H2,1-4H3,(H,23,26)/t14-,16-/m1/s1. The first kappa shape index (κ1) is 19.1. The van der Waals surface area contributed by atoms with E-state index in [9.17, 15) is 9.59 Å². The van der Waals surface area contributed by atoms with Gasteiger partial charge in [-0.25, -0.2) is 4.79 Å². The van der Waals surface area contributed by atoms with E-state index in [0.717, 1.165) is 30.3 Å². The van der Waals surface area contributed by atoms with Crippen molar-refractivity contribution in [3.63, 3.8) is 0 Å². The van der Waals surface area contributed by atoms with Crippen LogP contribution in [0.3, 0.4) is 0 Å². The van der Waals surface area contributed by atoms with E-state index in [0.29, 0.717) is 23.5 Å². The Morgan fingerprint density at radius 3 is 2.78 bits per heavy atom. The van der Waals surface area contributed by atoms with Crippen LogP contribution in [0, 0.1) is 5.92 Å². The molecule has 0 radical (unpaired) electrons. The lowest BCUT2D eigenvalue weighted by molar-refractivity contribution is 0.0495. The summed E-state index contributed by atoms with van der Waals surface area (Å²) in [5, 5.41) is 3.95. The number of rotatable bonds is 3. The number of benzene rings is 1. The van der Waals surface area contributed by atoms with Crippen molar-refractivity contribution in [2.24, 2.45) is 5.92 Å². The van der Waals surface area contributed by atoms with Gasteiger partial charge in [0.1, 0.15) is 5.60 Å². The van der Waals surface area contributed by atoms with Gasteiger partial charge < -0.3 is 15.0 Å². The third-order valence-corrected chi connectivity index (χ3v) is 4.63. The maximum Gasteiger partial charge on any atom is 0.407 e. The van der Waals surface area contributed by atoms with Crippen molar-refractivity contribution in [1.29, 1.82) is 0 Å². The fourth-order valence-corrected chi connectivity index (χ4v) is 3.68. The molecule has 1 fully saturated rings. The lowest BCUT2D eigenvalue weighted by Gasteiger charge is -2.39. The first-order valence-electron chi connectivity index (χ1n) is 9.34. The van der Waals surface area contributed by atoms with Gasteiger partial charge in [-0.1, -0.05) is 6.92 Å². The number of anilines is 1. The molecule has 0 aliphatic carbocycles. The van der Waals surface area contributed by atoms with Crippen LogP contribution in [0.25, 0.3) is 10.9 Å². The van der Waals surface area contributed by atoms with Gasteiger partial charge in [0, 0.05) is 42.0 Å². The van der Waals surface area contributed by atoms with Crippen molar-refractivity contribution in [2.75, 3.05) is 18.0 Å². The molecule has 3 rings (SSSR count). The molecule has 0 spiro atoms. The maximum atomic E-state index is 12.2. The van der Waals surface area contributed by atoms with Crippen molar-refractivity contribution in [3.8, 4) is 0 Å². The second kappa shape index (κ2) is 7.55. The highest BCUT2D eigenvalue weighted by molar-refractivity contribution is 6.01. The van der Waals surface area contributed by atoms with E-state index >= 15 is 0 Å². The topological polar surface area (TPSA) is 71.5 Å². The van der Waals surface area contributed by atoms with Crippen LogP contribution in [0.15, 0.2) is 30.5 Å². The molecule has 0 saturated carbocycles. The molecule has 1 aliphatic heterocycles. The quantitative estimate of drug-likeness (QED) is 0.834. The van der Waals surface area contributed by atoms with E-state index in [1.807, 2.05) is 45.0 Å². The van der Waals surface area contributed by atoms with Crippen molar-refractivity contribution in [2.45, 2.75) is 45.8 Å². The lowest BCUT2D eigenvalue weighted by Crippen LogP contribution is -2.51. The molecule has 6 nitrogen and oxygen atoms in total. The summed E-state index contributed by atoms with van der Waals surface area (Å²) in [5.74, 6) is 0.413. The van der Waals surface area contributed by atoms with Gasteiger partial charge in [0.2, 0.25) is 0 Å². The number of nitrogens with one attached hydrogen (secondary N) is 1. The molecule has 144 valence electrons. The second-order valence-electron chi connectivity index (χ2n) is 8.28. The Bertz CT molecular complexity index is 844. The molecular weight excluding hydrogens is 342 g/mol. The Morgan fingerprint density at radius 2 is 2.07 bits per heavy atom. The number of fused-ring (bicyclic) bond motifs is 1. The summed E-state index contributed by atoms with van der Waals surface area (Å²) in [4.78, 5) is 30.1. The molecule has 2 atom stereocenters. The van der Waals surface area contributed by atoms with E-state index < -0.39 is 5.60 Å². The van der Waals surface area contributed by atoms with Gasteiger partial charge >= 0.3 is 6.09 Å². The second-order valence-corrected chi connectivity index (χ2v) is 8.28. The number of ether oxygens (including phenoxy) is 1. The molecule has 1 aromatic carbocycles. The van der Waals surface area contributed by atoms with E-state index in [1.165, 1.54) is 0 Å². The van der Waals surface area contributed by atoms with Gasteiger partial charge in [-0.05, 0) is 57.4 Å². The number of pyridine rings is 1. The highest BCUT2D eigenvalue weighted by Gasteiger charge is 2.28. The number of nitrogens with zero attached hydrogens (tertiary/aromatic N) is 2. The van der Waals surface area contributed by atoms with Crippen LogP contribution in [-0.4, -0.2) is 42.1 Å². The predicted molar refractivity (Wildman–Crippen MR) is 106 cm³/mol. The maximum absolute atomic E-state index is 12.2. The minimum absolute atomic E-state index is 0.000990. The lowest BCUT2D eigenvalue weighted by atomic mass is 9.94. The fourth-order valence-electron chi connectivity index (χ4n) is 3.68. The molecule has 1 amide bonds. The number of hydrogen-bond acceptors (Lipinski definition) is 5. The van der Waals surface area contributed by atoms with Crippen LogP contribution in [0.2, 0.25) is 0 Å². The first-order valence-corrected chi connectivity index (χ1v) is 9.34. The Labute approximate surface area is 159 Å². The van der Waals surface area contributed by atoms with E-state index in [-0.39, 0.29) is 12.1 Å². The van der Waals surface area contributed by atoms with Gasteiger partial charge in [0.05, 0.1) is 5.52 Å². The summed E-state index contributed by atoms with van der Waals surface area (Å²) in [6, 6.07) is 7.65. The fraction of sp³-hybridized carbons (Fsp3) is 0.476. The number of aromatic nitrogens is 1. The van der Waals surface area contributed by atoms with E-state index in [2.05, 4.69) is 22.1 Å². The third-order valence-electron chi connectivity index (χ3n) is 4.63. The summed E-state index contributed by atoms with van der Waals surface area (Å²) in [5.41, 5.74) is 1.81. The Hall–Kier alpha value is -2.63. The SMILES string of the molecule is C[C@@H]1C[C@@H](NC(=O)OC(C)(C)C)CN(c2ccc(C=O)c3ncccc23)C1. The number of amides is 1. The van der Waals surface area contributed by atoms with Crippen LogP contribution in [0.5, 0.6) is 0 Å². The number of hydrogen-bond donors (Lipinski definition) is 1. The molecular formula is C21H27N3O3. The number of piperidine rings is 1. The van der Waals surface area contributed by atoms with Crippen LogP contribution < -0.4 is 10.2 Å². The zero-order valence-electron chi connectivity index (χ0n) is 16.4. The summed E-state index contributed by atoms with van der Waals surface area (Å²) < 4.78 is 5.40. The highest BCUT2D eigenvalue weighted by Crippen LogP contribution is 2.31. The van der Waals surface area contributed by atoms with Gasteiger partial charge in [0.25, 0.3) is 0 Å². The minimum atomic E-state index is -0.517. The normalized spacial score (nSPS) is 20.4. The average molecular weight is 369 g/mol. The first-order chi connectivity index (χ1) is 12.8. The molecule has 6 heteroatoms. The molecule has 1 aromatic heterocycles. The highest BCUT2D eigenvalue weighted by atomic mass is 16.6. The number of carbonyl (C=O) groups is 2. The smallest absolute Gasteiger partial charge is 0.407 e. The molecule has 0 unspecified atom stereocenters. The summed E-state index contributed by atoms with van der Waals surface area (Å²) in [6.45, 7) is 9.32. The van der Waals surface area contributed by atoms with E-state index in [4.69, 9.17) is 4.74 Å². The van der Waals surface area contributed by atoms with Gasteiger partial charge in [-0.3, -0.25) is 9.78 Å². The number of alkyl carbamates (subject to hydrolysis) is 1. The summed E-state index contributed by atoms with van der Waals surface area (Å²) in [6.07, 6.45) is 3.05. The Morgan fingerprint density at radius 1 is 1.30 bits per heavy atom. The number of aldehydes is 1. The van der Waals surface area contributed by atoms with Gasteiger partial charge in [-0.2, -0.15) is 0 Å². The molecule has 0 bridgehead atoms. The van der Waals surface area contributed by atoms with Crippen LogP contribution in [0.4, 0.5) is 10.5 Å². The third kappa shape index (κ3) is 4.56. The molecule has 2 heterocycles. The largest absolute Gasteiger partial charge is 0.444 e. The summed E-state index contributed by atoms with van der Waals surface area (Å²) >= 11 is 0. The van der Waals surface area contributed by atoms with Gasteiger partial charge in [-0.15, -0.1) is 0 Å². The Balaban J connectivity index is 1.84. The van der Waals surface area contributed by atoms with Crippen molar-refractivity contribution < 1.29 is 14.3 Å². The van der Waals surface area contributed by atoms with Crippen LogP contribution >= 0.6 is 0 Å². The van der Waals surface area contributed by atoms with Crippen molar-refractivity contribution in [3.05, 3.63) is 36.0 Å². The molecule has 1 aliphatic rings. The van der Waals surface area contributed by atoms with Crippen LogP contribution in [0.1, 0.15) is 44.5 Å². The van der Waals surface area contributed by atoms with Crippen LogP contribution in [-0.2, 0) is 4.74 Å². The van der Waals surface area contributed by atoms with Crippen molar-refractivity contribution >= 4 is 29.0 Å². The molecule has 27 heavy (non-hydrogen) atoms. The van der Waals surface area contributed by atoms with E-state index in [1.54, 1.807) is 6.20 Å². The van der Waals surface area contributed by atoms with Crippen molar-refractivity contribution in [1.82, 2.24) is 10.3 Å². The molecule has 2 aromatic rings. The van der Waals surface area contributed by atoms with Gasteiger partial charge in [0.15, 0.2) is 6.29 Å². The zero-order chi connectivity index (χ0) is 19.6. The monoisotopic (exact) mass is 369 g/mol. The number of carbonyl (C=O) groups excluding carboxylic acids is 2.